The zero-order valence-electron chi connectivity index (χ0n) is 13.7. The number of aromatic amines is 1. The lowest BCUT2D eigenvalue weighted by Crippen LogP contribution is -2.40. The number of aromatic nitrogens is 4. The Morgan fingerprint density at radius 3 is 2.48 bits per heavy atom. The molecular weight excluding hydrogens is 318 g/mol. The van der Waals surface area contributed by atoms with E-state index in [0.29, 0.717) is 18.7 Å². The number of H-pyrrole nitrogens is 1. The standard InChI is InChI=1S/C18H19N5O2/c24-17(15-5-1-2-6-16(15)21-9-3-4-10-21)22-11-7-14(8-12-22)23-13-19-20-18(23)25/h1-6,9-10,13-14H,7-8,11-12H2,(H,20,25). The first-order chi connectivity index (χ1) is 12.2. The molecular formula is C18H19N5O2. The maximum absolute atomic E-state index is 13.0. The Bertz CT molecular complexity index is 917. The quantitative estimate of drug-likeness (QED) is 0.792. The molecule has 0 atom stereocenters. The summed E-state index contributed by atoms with van der Waals surface area (Å²) in [5.74, 6) is 0.0299. The molecule has 1 aliphatic heterocycles. The van der Waals surface area contributed by atoms with Crippen LogP contribution in [0.1, 0.15) is 29.2 Å². The summed E-state index contributed by atoms with van der Waals surface area (Å²) in [5, 5.41) is 6.20. The normalized spacial score (nSPS) is 15.4. The largest absolute Gasteiger partial charge is 0.343 e. The van der Waals surface area contributed by atoms with Crippen LogP contribution in [0.25, 0.3) is 5.69 Å². The Balaban J connectivity index is 1.52. The van der Waals surface area contributed by atoms with Crippen molar-refractivity contribution < 1.29 is 4.79 Å². The molecule has 1 N–H and O–H groups in total. The van der Waals surface area contributed by atoms with Gasteiger partial charge in [-0.1, -0.05) is 12.1 Å². The summed E-state index contributed by atoms with van der Waals surface area (Å²) in [6, 6.07) is 11.6. The van der Waals surface area contributed by atoms with Crippen LogP contribution in [0.5, 0.6) is 0 Å². The Hall–Kier alpha value is -3.09. The van der Waals surface area contributed by atoms with Crippen molar-refractivity contribution in [3.8, 4) is 5.69 Å². The van der Waals surface area contributed by atoms with Crippen LogP contribution in [0.2, 0.25) is 0 Å². The zero-order chi connectivity index (χ0) is 17.2. The monoisotopic (exact) mass is 337 g/mol. The number of hydrogen-bond donors (Lipinski definition) is 1. The second-order valence-corrected chi connectivity index (χ2v) is 6.20. The first-order valence-electron chi connectivity index (χ1n) is 8.37. The molecule has 3 aromatic rings. The molecule has 0 spiro atoms. The van der Waals surface area contributed by atoms with E-state index in [1.807, 2.05) is 58.3 Å². The summed E-state index contributed by atoms with van der Waals surface area (Å²) >= 11 is 0. The molecule has 1 amide bonds. The molecule has 128 valence electrons. The second-order valence-electron chi connectivity index (χ2n) is 6.20. The molecule has 0 bridgehead atoms. The summed E-state index contributed by atoms with van der Waals surface area (Å²) in [7, 11) is 0. The number of nitrogens with one attached hydrogen (secondary N) is 1. The number of nitrogens with zero attached hydrogens (tertiary/aromatic N) is 4. The average Bonchev–Trinajstić information content (AvgIpc) is 3.33. The molecule has 0 aliphatic carbocycles. The predicted octanol–water partition coefficient (Wildman–Crippen LogP) is 1.84. The third-order valence-corrected chi connectivity index (χ3v) is 4.74. The minimum absolute atomic E-state index is 0.0299. The summed E-state index contributed by atoms with van der Waals surface area (Å²) in [5.41, 5.74) is 1.38. The van der Waals surface area contributed by atoms with Gasteiger partial charge in [0.25, 0.3) is 5.91 Å². The van der Waals surface area contributed by atoms with Crippen molar-refractivity contribution in [3.05, 3.63) is 71.2 Å². The highest BCUT2D eigenvalue weighted by Gasteiger charge is 2.26. The van der Waals surface area contributed by atoms with E-state index in [1.165, 1.54) is 6.33 Å². The van der Waals surface area contributed by atoms with Crippen LogP contribution in [-0.4, -0.2) is 43.2 Å². The first kappa shape index (κ1) is 15.4. The van der Waals surface area contributed by atoms with Crippen LogP contribution in [0, 0.1) is 0 Å². The average molecular weight is 337 g/mol. The molecule has 2 aromatic heterocycles. The molecule has 25 heavy (non-hydrogen) atoms. The van der Waals surface area contributed by atoms with Crippen molar-refractivity contribution >= 4 is 5.91 Å². The number of carbonyl (C=O) groups is 1. The molecule has 7 nitrogen and oxygen atoms in total. The lowest BCUT2D eigenvalue weighted by molar-refractivity contribution is 0.0693. The molecule has 1 aliphatic rings. The van der Waals surface area contributed by atoms with Gasteiger partial charge in [0.1, 0.15) is 6.33 Å². The van der Waals surface area contributed by atoms with E-state index in [0.717, 1.165) is 18.5 Å². The van der Waals surface area contributed by atoms with E-state index < -0.39 is 0 Å². The fourth-order valence-electron chi connectivity index (χ4n) is 3.41. The van der Waals surface area contributed by atoms with Gasteiger partial charge in [0.05, 0.1) is 11.3 Å². The third-order valence-electron chi connectivity index (χ3n) is 4.74. The van der Waals surface area contributed by atoms with E-state index in [4.69, 9.17) is 0 Å². The van der Waals surface area contributed by atoms with Gasteiger partial charge < -0.3 is 9.47 Å². The Kier molecular flexibility index (Phi) is 3.97. The molecule has 3 heterocycles. The number of likely N-dealkylation sites (tertiary alicyclic amines) is 1. The van der Waals surface area contributed by atoms with Crippen LogP contribution >= 0.6 is 0 Å². The number of para-hydroxylation sites is 1. The van der Waals surface area contributed by atoms with Gasteiger partial charge in [-0.15, -0.1) is 0 Å². The lowest BCUT2D eigenvalue weighted by Gasteiger charge is -2.32. The Morgan fingerprint density at radius 2 is 1.80 bits per heavy atom. The minimum Gasteiger partial charge on any atom is -0.338 e. The van der Waals surface area contributed by atoms with Crippen molar-refractivity contribution in [2.45, 2.75) is 18.9 Å². The van der Waals surface area contributed by atoms with Gasteiger partial charge >= 0.3 is 5.69 Å². The molecule has 7 heteroatoms. The van der Waals surface area contributed by atoms with Crippen LogP contribution in [-0.2, 0) is 0 Å². The molecule has 1 fully saturated rings. The number of rotatable bonds is 3. The zero-order valence-corrected chi connectivity index (χ0v) is 13.7. The third kappa shape index (κ3) is 2.88. The van der Waals surface area contributed by atoms with Gasteiger partial charge in [0.2, 0.25) is 0 Å². The second kappa shape index (κ2) is 6.43. The predicted molar refractivity (Wildman–Crippen MR) is 92.8 cm³/mol. The number of hydrogen-bond acceptors (Lipinski definition) is 3. The fourth-order valence-corrected chi connectivity index (χ4v) is 3.41. The molecule has 0 saturated carbocycles. The lowest BCUT2D eigenvalue weighted by atomic mass is 10.0. The van der Waals surface area contributed by atoms with E-state index in [1.54, 1.807) is 4.57 Å². The maximum atomic E-state index is 13.0. The van der Waals surface area contributed by atoms with Crippen molar-refractivity contribution in [1.29, 1.82) is 0 Å². The summed E-state index contributed by atoms with van der Waals surface area (Å²) in [4.78, 5) is 26.6. The van der Waals surface area contributed by atoms with Gasteiger partial charge in [-0.25, -0.2) is 9.89 Å². The number of carbonyl (C=O) groups excluding carboxylic acids is 1. The van der Waals surface area contributed by atoms with E-state index in [9.17, 15) is 9.59 Å². The molecule has 1 aromatic carbocycles. The summed E-state index contributed by atoms with van der Waals surface area (Å²) in [6.45, 7) is 1.25. The van der Waals surface area contributed by atoms with Crippen LogP contribution in [0.4, 0.5) is 0 Å². The van der Waals surface area contributed by atoms with Gasteiger partial charge in [-0.3, -0.25) is 9.36 Å². The summed E-state index contributed by atoms with van der Waals surface area (Å²) < 4.78 is 3.57. The first-order valence-corrected chi connectivity index (χ1v) is 8.37. The van der Waals surface area contributed by atoms with E-state index in [-0.39, 0.29) is 17.6 Å². The Labute approximate surface area is 144 Å². The topological polar surface area (TPSA) is 75.9 Å². The van der Waals surface area contributed by atoms with Crippen molar-refractivity contribution in [3.63, 3.8) is 0 Å². The highest BCUT2D eigenvalue weighted by Crippen LogP contribution is 2.24. The molecule has 4 rings (SSSR count). The highest BCUT2D eigenvalue weighted by molar-refractivity contribution is 5.97. The SMILES string of the molecule is O=C(c1ccccc1-n1cccc1)N1CCC(n2cn[nH]c2=O)CC1. The van der Waals surface area contributed by atoms with Crippen molar-refractivity contribution in [2.75, 3.05) is 13.1 Å². The Morgan fingerprint density at radius 1 is 1.08 bits per heavy atom. The van der Waals surface area contributed by atoms with Gasteiger partial charge in [-0.2, -0.15) is 5.10 Å². The number of benzene rings is 1. The van der Waals surface area contributed by atoms with Crippen LogP contribution in [0.3, 0.4) is 0 Å². The smallest absolute Gasteiger partial charge is 0.338 e. The van der Waals surface area contributed by atoms with Crippen molar-refractivity contribution in [2.24, 2.45) is 0 Å². The summed E-state index contributed by atoms with van der Waals surface area (Å²) in [6.07, 6.45) is 6.90. The van der Waals surface area contributed by atoms with Gasteiger partial charge in [0, 0.05) is 31.5 Å². The van der Waals surface area contributed by atoms with E-state index >= 15 is 0 Å². The van der Waals surface area contributed by atoms with Crippen LogP contribution in [0.15, 0.2) is 59.9 Å². The molecule has 1 saturated heterocycles. The van der Waals surface area contributed by atoms with Crippen molar-refractivity contribution in [1.82, 2.24) is 24.2 Å². The minimum atomic E-state index is -0.192. The van der Waals surface area contributed by atoms with Crippen LogP contribution < -0.4 is 5.69 Å². The maximum Gasteiger partial charge on any atom is 0.343 e. The van der Waals surface area contributed by atoms with Gasteiger partial charge in [0.15, 0.2) is 0 Å². The van der Waals surface area contributed by atoms with Gasteiger partial charge in [-0.05, 0) is 37.1 Å². The fraction of sp³-hybridized carbons (Fsp3) is 0.278. The van der Waals surface area contributed by atoms with E-state index in [2.05, 4.69) is 10.2 Å². The number of piperidine rings is 1. The molecule has 0 unspecified atom stereocenters. The number of amides is 1. The highest BCUT2D eigenvalue weighted by atomic mass is 16.2. The molecule has 0 radical (unpaired) electrons.